The molecule has 1 N–H and O–H groups in total. The molecule has 21 heavy (non-hydrogen) atoms. The first-order valence-corrected chi connectivity index (χ1v) is 8.61. The van der Waals surface area contributed by atoms with Crippen LogP contribution in [0.3, 0.4) is 0 Å². The number of halogens is 3. The molecule has 2 rings (SSSR count). The second kappa shape index (κ2) is 6.55. The molecule has 2 aromatic carbocycles. The van der Waals surface area contributed by atoms with Gasteiger partial charge in [0, 0.05) is 16.6 Å². The van der Waals surface area contributed by atoms with Crippen LogP contribution < -0.4 is 4.72 Å². The summed E-state index contributed by atoms with van der Waals surface area (Å²) in [6.07, 6.45) is 0. The summed E-state index contributed by atoms with van der Waals surface area (Å²) in [5, 5.41) is 1.00. The molecule has 0 aliphatic rings. The monoisotopic (exact) mass is 363 g/mol. The molecule has 112 valence electrons. The highest BCUT2D eigenvalue weighted by Gasteiger charge is 2.19. The standard InChI is InChI=1S/C14H12Cl3NO2S/c1-9-6-14(13(17)7-12(9)16)21(19,20)18-8-10-4-2-3-5-11(10)15/h2-7,18H,8H2,1H3. The highest BCUT2D eigenvalue weighted by molar-refractivity contribution is 7.89. The Balaban J connectivity index is 2.27. The maximum atomic E-state index is 12.3. The number of aryl methyl sites for hydroxylation is 1. The van der Waals surface area contributed by atoms with E-state index in [0.29, 0.717) is 21.2 Å². The summed E-state index contributed by atoms with van der Waals surface area (Å²) in [7, 11) is -3.74. The Hall–Kier alpha value is -0.780. The number of rotatable bonds is 4. The lowest BCUT2D eigenvalue weighted by Crippen LogP contribution is -2.23. The number of nitrogens with one attached hydrogen (secondary N) is 1. The van der Waals surface area contributed by atoms with Gasteiger partial charge in [0.25, 0.3) is 0 Å². The van der Waals surface area contributed by atoms with E-state index in [-0.39, 0.29) is 16.5 Å². The van der Waals surface area contributed by atoms with Crippen molar-refractivity contribution in [3.05, 3.63) is 62.6 Å². The largest absolute Gasteiger partial charge is 0.242 e. The molecule has 7 heteroatoms. The van der Waals surface area contributed by atoms with Crippen LogP contribution in [0.25, 0.3) is 0 Å². The highest BCUT2D eigenvalue weighted by atomic mass is 35.5. The molecule has 0 saturated carbocycles. The Kier molecular flexibility index (Phi) is 5.17. The molecule has 0 unspecified atom stereocenters. The average molecular weight is 365 g/mol. The first-order valence-electron chi connectivity index (χ1n) is 6.00. The second-order valence-corrected chi connectivity index (χ2v) is 7.40. The van der Waals surface area contributed by atoms with Crippen LogP contribution >= 0.6 is 34.8 Å². The number of benzene rings is 2. The Morgan fingerprint density at radius 1 is 1.00 bits per heavy atom. The Labute approximate surface area is 138 Å². The van der Waals surface area contributed by atoms with E-state index in [1.165, 1.54) is 12.1 Å². The molecule has 0 saturated heterocycles. The van der Waals surface area contributed by atoms with Crippen molar-refractivity contribution in [2.45, 2.75) is 18.4 Å². The van der Waals surface area contributed by atoms with E-state index in [1.54, 1.807) is 31.2 Å². The van der Waals surface area contributed by atoms with Gasteiger partial charge in [-0.2, -0.15) is 0 Å². The minimum atomic E-state index is -3.74. The SMILES string of the molecule is Cc1cc(S(=O)(=O)NCc2ccccc2Cl)c(Cl)cc1Cl. The second-order valence-electron chi connectivity index (χ2n) is 4.45. The van der Waals surface area contributed by atoms with Crippen LogP contribution in [0.15, 0.2) is 41.3 Å². The summed E-state index contributed by atoms with van der Waals surface area (Å²) in [6.45, 7) is 1.80. The lowest BCUT2D eigenvalue weighted by Gasteiger charge is -2.11. The predicted octanol–water partition coefficient (Wildman–Crippen LogP) is 4.43. The van der Waals surface area contributed by atoms with Crippen molar-refractivity contribution in [1.29, 1.82) is 0 Å². The lowest BCUT2D eigenvalue weighted by molar-refractivity contribution is 0.581. The molecule has 0 heterocycles. The number of sulfonamides is 1. The van der Waals surface area contributed by atoms with Gasteiger partial charge < -0.3 is 0 Å². The van der Waals surface area contributed by atoms with E-state index >= 15 is 0 Å². The molecule has 0 bridgehead atoms. The van der Waals surface area contributed by atoms with Crippen molar-refractivity contribution in [1.82, 2.24) is 4.72 Å². The number of hydrogen-bond acceptors (Lipinski definition) is 2. The van der Waals surface area contributed by atoms with Crippen molar-refractivity contribution < 1.29 is 8.42 Å². The van der Waals surface area contributed by atoms with Crippen LogP contribution in [-0.2, 0) is 16.6 Å². The summed E-state index contributed by atoms with van der Waals surface area (Å²) in [5.74, 6) is 0. The minimum Gasteiger partial charge on any atom is -0.207 e. The van der Waals surface area contributed by atoms with E-state index < -0.39 is 10.0 Å². The van der Waals surface area contributed by atoms with Crippen LogP contribution in [0, 0.1) is 6.92 Å². The maximum absolute atomic E-state index is 12.3. The van der Waals surface area contributed by atoms with Crippen molar-refractivity contribution in [2.75, 3.05) is 0 Å². The van der Waals surface area contributed by atoms with Gasteiger partial charge in [0.1, 0.15) is 4.90 Å². The third-order valence-corrected chi connectivity index (χ3v) is 5.56. The zero-order valence-electron chi connectivity index (χ0n) is 11.0. The van der Waals surface area contributed by atoms with Crippen LogP contribution in [0.5, 0.6) is 0 Å². The molecule has 0 aliphatic heterocycles. The summed E-state index contributed by atoms with van der Waals surface area (Å²) < 4.78 is 27.1. The lowest BCUT2D eigenvalue weighted by atomic mass is 10.2. The van der Waals surface area contributed by atoms with Gasteiger partial charge in [0.2, 0.25) is 10.0 Å². The van der Waals surface area contributed by atoms with E-state index in [2.05, 4.69) is 4.72 Å². The van der Waals surface area contributed by atoms with E-state index in [9.17, 15) is 8.42 Å². The molecule has 0 radical (unpaired) electrons. The zero-order chi connectivity index (χ0) is 15.6. The Morgan fingerprint density at radius 3 is 2.33 bits per heavy atom. The van der Waals surface area contributed by atoms with Crippen molar-refractivity contribution >= 4 is 44.8 Å². The maximum Gasteiger partial charge on any atom is 0.242 e. The van der Waals surface area contributed by atoms with Gasteiger partial charge in [-0.1, -0.05) is 53.0 Å². The molecule has 0 fully saturated rings. The third-order valence-electron chi connectivity index (χ3n) is 2.91. The number of hydrogen-bond donors (Lipinski definition) is 1. The van der Waals surface area contributed by atoms with Gasteiger partial charge in [-0.3, -0.25) is 0 Å². The van der Waals surface area contributed by atoms with Gasteiger partial charge >= 0.3 is 0 Å². The summed E-state index contributed by atoms with van der Waals surface area (Å²) in [6, 6.07) is 9.88. The van der Waals surface area contributed by atoms with Crippen LogP contribution in [-0.4, -0.2) is 8.42 Å². The quantitative estimate of drug-likeness (QED) is 0.872. The van der Waals surface area contributed by atoms with Crippen LogP contribution in [0.2, 0.25) is 15.1 Å². The first-order chi connectivity index (χ1) is 9.81. The third kappa shape index (κ3) is 3.90. The van der Waals surface area contributed by atoms with E-state index in [1.807, 2.05) is 0 Å². The van der Waals surface area contributed by atoms with Crippen molar-refractivity contribution in [2.24, 2.45) is 0 Å². The Morgan fingerprint density at radius 2 is 1.67 bits per heavy atom. The van der Waals surface area contributed by atoms with Gasteiger partial charge in [0.05, 0.1) is 5.02 Å². The Bertz CT molecular complexity index is 776. The van der Waals surface area contributed by atoms with Crippen molar-refractivity contribution in [3.8, 4) is 0 Å². The van der Waals surface area contributed by atoms with Gasteiger partial charge in [0.15, 0.2) is 0 Å². The fraction of sp³-hybridized carbons (Fsp3) is 0.143. The van der Waals surface area contributed by atoms with Crippen LogP contribution in [0.1, 0.15) is 11.1 Å². The van der Waals surface area contributed by atoms with E-state index in [4.69, 9.17) is 34.8 Å². The first kappa shape index (κ1) is 16.6. The topological polar surface area (TPSA) is 46.2 Å². The molecule has 0 amide bonds. The molecule has 0 spiro atoms. The normalized spacial score (nSPS) is 11.6. The average Bonchev–Trinajstić information content (AvgIpc) is 2.42. The van der Waals surface area contributed by atoms with Crippen LogP contribution in [0.4, 0.5) is 0 Å². The fourth-order valence-electron chi connectivity index (χ4n) is 1.73. The summed E-state index contributed by atoms with van der Waals surface area (Å²) in [5.41, 5.74) is 1.32. The molecular weight excluding hydrogens is 353 g/mol. The molecular formula is C14H12Cl3NO2S. The zero-order valence-corrected chi connectivity index (χ0v) is 14.1. The molecule has 0 atom stereocenters. The highest BCUT2D eigenvalue weighted by Crippen LogP contribution is 2.28. The molecule has 3 nitrogen and oxygen atoms in total. The smallest absolute Gasteiger partial charge is 0.207 e. The molecule has 0 aliphatic carbocycles. The summed E-state index contributed by atoms with van der Waals surface area (Å²) >= 11 is 17.9. The van der Waals surface area contributed by atoms with Gasteiger partial charge in [-0.05, 0) is 36.2 Å². The minimum absolute atomic E-state index is 0.00174. The van der Waals surface area contributed by atoms with Crippen molar-refractivity contribution in [3.63, 3.8) is 0 Å². The summed E-state index contributed by atoms with van der Waals surface area (Å²) in [4.78, 5) is -0.00174. The molecule has 2 aromatic rings. The molecule has 0 aromatic heterocycles. The van der Waals surface area contributed by atoms with E-state index in [0.717, 1.165) is 0 Å². The van der Waals surface area contributed by atoms with Gasteiger partial charge in [-0.25, -0.2) is 13.1 Å². The fourth-order valence-corrected chi connectivity index (χ4v) is 3.77. The van der Waals surface area contributed by atoms with Gasteiger partial charge in [-0.15, -0.1) is 0 Å². The predicted molar refractivity (Wildman–Crippen MR) is 86.7 cm³/mol.